The van der Waals surface area contributed by atoms with E-state index in [-0.39, 0.29) is 0 Å². The fourth-order valence-corrected chi connectivity index (χ4v) is 5.37. The van der Waals surface area contributed by atoms with Crippen LogP contribution in [0, 0.1) is 13.8 Å². The second kappa shape index (κ2) is 5.83. The van der Waals surface area contributed by atoms with Crippen LogP contribution in [-0.2, 0) is 0 Å². The Bertz CT molecular complexity index is 764. The van der Waals surface area contributed by atoms with Gasteiger partial charge in [0.1, 0.15) is 11.5 Å². The van der Waals surface area contributed by atoms with Gasteiger partial charge in [0, 0.05) is 20.7 Å². The van der Waals surface area contributed by atoms with E-state index in [1.165, 1.54) is 29.3 Å². The van der Waals surface area contributed by atoms with Crippen molar-refractivity contribution in [1.82, 2.24) is 0 Å². The third kappa shape index (κ3) is 2.73. The zero-order valence-electron chi connectivity index (χ0n) is 12.4. The van der Waals surface area contributed by atoms with Crippen LogP contribution < -0.4 is 9.47 Å². The maximum absolute atomic E-state index is 5.57. The minimum Gasteiger partial charge on any atom is -0.495 e. The smallest absolute Gasteiger partial charge is 0.138 e. The number of hydrogen-bond donors (Lipinski definition) is 0. The summed E-state index contributed by atoms with van der Waals surface area (Å²) >= 11 is 5.32. The summed E-state index contributed by atoms with van der Waals surface area (Å²) in [6.07, 6.45) is 0. The molecule has 0 atom stereocenters. The molecule has 5 heteroatoms. The first-order chi connectivity index (χ1) is 10.1. The largest absolute Gasteiger partial charge is 0.495 e. The normalized spacial score (nSPS) is 10.9. The molecule has 3 heterocycles. The van der Waals surface area contributed by atoms with Gasteiger partial charge >= 0.3 is 0 Å². The van der Waals surface area contributed by atoms with Crippen molar-refractivity contribution >= 4 is 34.0 Å². The van der Waals surface area contributed by atoms with E-state index in [4.69, 9.17) is 9.47 Å². The zero-order chi connectivity index (χ0) is 15.0. The molecule has 0 fully saturated rings. The molecule has 0 radical (unpaired) electrons. The van der Waals surface area contributed by atoms with Gasteiger partial charge in [0.05, 0.1) is 28.9 Å². The highest BCUT2D eigenvalue weighted by Crippen LogP contribution is 2.49. The molecule has 2 nitrogen and oxygen atoms in total. The van der Waals surface area contributed by atoms with E-state index < -0.39 is 0 Å². The van der Waals surface area contributed by atoms with Gasteiger partial charge in [0.15, 0.2) is 0 Å². The van der Waals surface area contributed by atoms with Crippen molar-refractivity contribution in [3.63, 3.8) is 0 Å². The van der Waals surface area contributed by atoms with Crippen LogP contribution in [0.25, 0.3) is 19.5 Å². The van der Waals surface area contributed by atoms with Gasteiger partial charge in [-0.1, -0.05) is 0 Å². The highest BCUT2D eigenvalue weighted by molar-refractivity contribution is 7.27. The Morgan fingerprint density at radius 1 is 0.714 bits per heavy atom. The number of aryl methyl sites for hydroxylation is 2. The van der Waals surface area contributed by atoms with Crippen molar-refractivity contribution < 1.29 is 9.47 Å². The summed E-state index contributed by atoms with van der Waals surface area (Å²) in [5.41, 5.74) is 0. The number of hydrogen-bond acceptors (Lipinski definition) is 5. The van der Waals surface area contributed by atoms with E-state index in [0.29, 0.717) is 0 Å². The summed E-state index contributed by atoms with van der Waals surface area (Å²) in [6.45, 7) is 4.23. The summed E-state index contributed by atoms with van der Waals surface area (Å²) in [5.74, 6) is 1.88. The zero-order valence-corrected chi connectivity index (χ0v) is 14.8. The average molecular weight is 337 g/mol. The van der Waals surface area contributed by atoms with E-state index in [1.807, 2.05) is 0 Å². The fourth-order valence-electron chi connectivity index (χ4n) is 2.18. The maximum Gasteiger partial charge on any atom is 0.138 e. The molecule has 3 aromatic rings. The molecule has 0 amide bonds. The van der Waals surface area contributed by atoms with Crippen LogP contribution in [0.4, 0.5) is 0 Å². The van der Waals surface area contributed by atoms with Crippen molar-refractivity contribution in [1.29, 1.82) is 0 Å². The highest BCUT2D eigenvalue weighted by atomic mass is 32.1. The lowest BCUT2D eigenvalue weighted by molar-refractivity contribution is 0.417. The summed E-state index contributed by atoms with van der Waals surface area (Å²) in [6, 6.07) is 8.51. The van der Waals surface area contributed by atoms with E-state index >= 15 is 0 Å². The lowest BCUT2D eigenvalue weighted by Crippen LogP contribution is -1.81. The Kier molecular flexibility index (Phi) is 4.06. The van der Waals surface area contributed by atoms with Crippen molar-refractivity contribution in [3.05, 3.63) is 34.0 Å². The summed E-state index contributed by atoms with van der Waals surface area (Å²) in [5, 5.41) is 0. The Hall–Kier alpha value is -1.30. The molecule has 0 unspecified atom stereocenters. The van der Waals surface area contributed by atoms with Crippen molar-refractivity contribution in [3.8, 4) is 31.0 Å². The molecule has 0 aliphatic carbocycles. The van der Waals surface area contributed by atoms with Crippen molar-refractivity contribution in [2.45, 2.75) is 13.8 Å². The van der Waals surface area contributed by atoms with Crippen LogP contribution in [0.1, 0.15) is 9.75 Å². The van der Waals surface area contributed by atoms with E-state index in [0.717, 1.165) is 11.5 Å². The molecule has 0 aliphatic heterocycles. The van der Waals surface area contributed by atoms with E-state index in [9.17, 15) is 0 Å². The molecule has 3 rings (SSSR count). The van der Waals surface area contributed by atoms with Crippen LogP contribution in [-0.4, -0.2) is 14.2 Å². The van der Waals surface area contributed by atoms with Crippen molar-refractivity contribution in [2.75, 3.05) is 14.2 Å². The number of thiophene rings is 3. The summed E-state index contributed by atoms with van der Waals surface area (Å²) in [7, 11) is 3.45. The Morgan fingerprint density at radius 3 is 2.00 bits per heavy atom. The molecule has 0 N–H and O–H groups in total. The van der Waals surface area contributed by atoms with Crippen LogP contribution in [0.3, 0.4) is 0 Å². The Labute approximate surface area is 136 Å². The van der Waals surface area contributed by atoms with Gasteiger partial charge in [-0.25, -0.2) is 0 Å². The standard InChI is InChI=1S/C16H16O2S3/c1-9-5-6-13(19-9)15-12(18-4)8-14(21-15)16-11(17-3)7-10(2)20-16/h5-8H,1-4H3. The maximum atomic E-state index is 5.57. The minimum atomic E-state index is 0.935. The highest BCUT2D eigenvalue weighted by Gasteiger charge is 2.18. The lowest BCUT2D eigenvalue weighted by atomic mass is 10.3. The van der Waals surface area contributed by atoms with Gasteiger partial charge in [-0.2, -0.15) is 0 Å². The molecule has 0 aliphatic rings. The molecule has 0 spiro atoms. The quantitative estimate of drug-likeness (QED) is 0.596. The third-order valence-corrected chi connectivity index (χ3v) is 6.66. The third-order valence-electron chi connectivity index (χ3n) is 3.15. The van der Waals surface area contributed by atoms with Gasteiger partial charge < -0.3 is 9.47 Å². The first-order valence-electron chi connectivity index (χ1n) is 6.51. The minimum absolute atomic E-state index is 0.935. The second-order valence-corrected chi connectivity index (χ2v) is 8.27. The van der Waals surface area contributed by atoms with Gasteiger partial charge in [-0.3, -0.25) is 0 Å². The van der Waals surface area contributed by atoms with Crippen LogP contribution in [0.15, 0.2) is 24.3 Å². The van der Waals surface area contributed by atoms with E-state index in [1.54, 1.807) is 48.2 Å². The van der Waals surface area contributed by atoms with Crippen LogP contribution >= 0.6 is 34.0 Å². The Balaban J connectivity index is 2.11. The predicted molar refractivity (Wildman–Crippen MR) is 93.5 cm³/mol. The van der Waals surface area contributed by atoms with Crippen LogP contribution in [0.5, 0.6) is 11.5 Å². The predicted octanol–water partition coefficient (Wildman–Crippen LogP) is 5.84. The summed E-state index contributed by atoms with van der Waals surface area (Å²) in [4.78, 5) is 7.39. The molecule has 0 saturated carbocycles. The molecule has 0 bridgehead atoms. The SMILES string of the molecule is COc1cc(C)sc1-c1cc(OC)c(-c2ccc(C)s2)s1. The average Bonchev–Trinajstić information content (AvgIpc) is 3.15. The molecule has 0 saturated heterocycles. The molecule has 21 heavy (non-hydrogen) atoms. The van der Waals surface area contributed by atoms with Crippen molar-refractivity contribution in [2.24, 2.45) is 0 Å². The second-order valence-electron chi connectivity index (χ2n) is 4.67. The van der Waals surface area contributed by atoms with Gasteiger partial charge in [0.25, 0.3) is 0 Å². The number of rotatable bonds is 4. The lowest BCUT2D eigenvalue weighted by Gasteiger charge is -1.98. The monoisotopic (exact) mass is 336 g/mol. The Morgan fingerprint density at radius 2 is 1.38 bits per heavy atom. The first-order valence-corrected chi connectivity index (χ1v) is 8.96. The molecular weight excluding hydrogens is 320 g/mol. The van der Waals surface area contributed by atoms with Gasteiger partial charge in [0.2, 0.25) is 0 Å². The van der Waals surface area contributed by atoms with Gasteiger partial charge in [-0.15, -0.1) is 34.0 Å². The molecule has 110 valence electrons. The summed E-state index contributed by atoms with van der Waals surface area (Å²) < 4.78 is 11.1. The van der Waals surface area contributed by atoms with E-state index in [2.05, 4.69) is 38.1 Å². The fraction of sp³-hybridized carbons (Fsp3) is 0.250. The topological polar surface area (TPSA) is 18.5 Å². The first kappa shape index (κ1) is 14.6. The molecule has 0 aromatic carbocycles. The molecular formula is C16H16O2S3. The number of ether oxygens (including phenoxy) is 2. The number of methoxy groups -OCH3 is 2. The van der Waals surface area contributed by atoms with Gasteiger partial charge in [-0.05, 0) is 32.0 Å². The van der Waals surface area contributed by atoms with Crippen LogP contribution in [0.2, 0.25) is 0 Å². The molecule has 3 aromatic heterocycles.